The fourth-order valence-corrected chi connectivity index (χ4v) is 2.98. The molecule has 2 aromatic rings. The maximum Gasteiger partial charge on any atom is 0.196 e. The van der Waals surface area contributed by atoms with E-state index in [1.807, 2.05) is 30.3 Å². The van der Waals surface area contributed by atoms with Crippen molar-refractivity contribution in [1.29, 1.82) is 0 Å². The number of phenols is 2. The number of phenolic OH excluding ortho intramolecular Hbond substituents is 2. The summed E-state index contributed by atoms with van der Waals surface area (Å²) >= 11 is 0. The van der Waals surface area contributed by atoms with Gasteiger partial charge in [-0.05, 0) is 12.0 Å². The average molecular weight is 300 g/mol. The quantitative estimate of drug-likeness (QED) is 0.738. The Bertz CT molecular complexity index is 724. The number of ketones is 1. The number of hydrogen-bond donors (Lipinski definition) is 3. The molecule has 1 aliphatic carbocycles. The molecule has 0 spiro atoms. The van der Waals surface area contributed by atoms with Gasteiger partial charge in [-0.15, -0.1) is 0 Å². The van der Waals surface area contributed by atoms with Crippen LogP contribution in [0.4, 0.5) is 0 Å². The van der Waals surface area contributed by atoms with Crippen molar-refractivity contribution in [2.75, 3.05) is 7.11 Å². The second-order valence-corrected chi connectivity index (χ2v) is 5.33. The molecule has 114 valence electrons. The maximum absolute atomic E-state index is 12.4. The molecule has 0 bridgehead atoms. The van der Waals surface area contributed by atoms with Gasteiger partial charge in [0.15, 0.2) is 17.3 Å². The third kappa shape index (κ3) is 2.10. The van der Waals surface area contributed by atoms with Gasteiger partial charge >= 0.3 is 0 Å². The predicted octanol–water partition coefficient (Wildman–Crippen LogP) is 1.99. The summed E-state index contributed by atoms with van der Waals surface area (Å²) in [6.07, 6.45) is -1.02. The van der Waals surface area contributed by atoms with Crippen molar-refractivity contribution >= 4 is 5.78 Å². The summed E-state index contributed by atoms with van der Waals surface area (Å²) in [6.45, 7) is 0. The molecule has 3 rings (SSSR count). The van der Waals surface area contributed by atoms with Gasteiger partial charge in [-0.2, -0.15) is 0 Å². The van der Waals surface area contributed by atoms with E-state index in [0.29, 0.717) is 5.56 Å². The Morgan fingerprint density at radius 3 is 2.50 bits per heavy atom. The van der Waals surface area contributed by atoms with Crippen LogP contribution in [0, 0.1) is 0 Å². The summed E-state index contributed by atoms with van der Waals surface area (Å²) in [5, 5.41) is 30.6. The van der Waals surface area contributed by atoms with Crippen LogP contribution in [0.15, 0.2) is 36.4 Å². The molecule has 0 amide bonds. The first-order chi connectivity index (χ1) is 10.5. The van der Waals surface area contributed by atoms with E-state index in [0.717, 1.165) is 5.56 Å². The fraction of sp³-hybridized carbons (Fsp3) is 0.235. The number of fused-ring (bicyclic) bond motifs is 1. The Labute approximate surface area is 127 Å². The van der Waals surface area contributed by atoms with Crippen molar-refractivity contribution in [3.05, 3.63) is 53.1 Å². The second-order valence-electron chi connectivity index (χ2n) is 5.33. The van der Waals surface area contributed by atoms with Gasteiger partial charge in [0.1, 0.15) is 11.9 Å². The van der Waals surface area contributed by atoms with Crippen molar-refractivity contribution in [3.8, 4) is 17.2 Å². The lowest BCUT2D eigenvalue weighted by Crippen LogP contribution is -2.35. The largest absolute Gasteiger partial charge is 0.507 e. The first-order valence-corrected chi connectivity index (χ1v) is 6.93. The number of aromatic hydroxyl groups is 2. The van der Waals surface area contributed by atoms with Crippen molar-refractivity contribution in [1.82, 2.24) is 0 Å². The van der Waals surface area contributed by atoms with Gasteiger partial charge in [-0.3, -0.25) is 4.79 Å². The molecule has 22 heavy (non-hydrogen) atoms. The van der Waals surface area contributed by atoms with Gasteiger partial charge in [0.25, 0.3) is 0 Å². The number of aliphatic hydroxyl groups excluding tert-OH is 1. The number of carbonyl (C=O) groups is 1. The zero-order chi connectivity index (χ0) is 15.9. The van der Waals surface area contributed by atoms with E-state index in [9.17, 15) is 20.1 Å². The van der Waals surface area contributed by atoms with Crippen LogP contribution in [-0.2, 0) is 6.42 Å². The molecule has 0 aromatic heterocycles. The first kappa shape index (κ1) is 14.4. The van der Waals surface area contributed by atoms with Crippen molar-refractivity contribution in [2.45, 2.75) is 18.4 Å². The monoisotopic (exact) mass is 300 g/mol. The normalized spacial score (nSPS) is 20.5. The molecule has 0 aliphatic heterocycles. The molecule has 0 saturated heterocycles. The van der Waals surface area contributed by atoms with Crippen LogP contribution in [0.2, 0.25) is 0 Å². The molecule has 5 nitrogen and oxygen atoms in total. The molecule has 0 radical (unpaired) electrons. The third-order valence-corrected chi connectivity index (χ3v) is 4.11. The van der Waals surface area contributed by atoms with E-state index in [1.54, 1.807) is 0 Å². The summed E-state index contributed by atoms with van der Waals surface area (Å²) in [7, 11) is 1.37. The van der Waals surface area contributed by atoms with Crippen molar-refractivity contribution < 1.29 is 24.9 Å². The molecule has 0 saturated carbocycles. The van der Waals surface area contributed by atoms with E-state index < -0.39 is 17.8 Å². The Hall–Kier alpha value is -2.53. The van der Waals surface area contributed by atoms with Crippen LogP contribution in [0.5, 0.6) is 17.2 Å². The summed E-state index contributed by atoms with van der Waals surface area (Å²) in [6, 6.07) is 10.3. The first-order valence-electron chi connectivity index (χ1n) is 6.93. The molecule has 0 unspecified atom stereocenters. The highest BCUT2D eigenvalue weighted by Crippen LogP contribution is 2.45. The van der Waals surface area contributed by atoms with Gasteiger partial charge in [-0.1, -0.05) is 30.3 Å². The van der Waals surface area contributed by atoms with Gasteiger partial charge in [0, 0.05) is 17.5 Å². The number of rotatable bonds is 2. The second kappa shape index (κ2) is 5.35. The van der Waals surface area contributed by atoms with E-state index in [1.165, 1.54) is 13.2 Å². The van der Waals surface area contributed by atoms with E-state index in [-0.39, 0.29) is 29.2 Å². The zero-order valence-corrected chi connectivity index (χ0v) is 12.0. The highest BCUT2D eigenvalue weighted by atomic mass is 16.5. The summed E-state index contributed by atoms with van der Waals surface area (Å²) < 4.78 is 5.01. The number of methoxy groups -OCH3 is 1. The number of hydrogen-bond acceptors (Lipinski definition) is 5. The summed E-state index contributed by atoms with van der Waals surface area (Å²) in [5.74, 6) is -1.42. The van der Waals surface area contributed by atoms with Crippen LogP contribution in [0.3, 0.4) is 0 Å². The molecule has 5 heteroatoms. The molecule has 1 aliphatic rings. The molecular weight excluding hydrogens is 284 g/mol. The Morgan fingerprint density at radius 2 is 1.86 bits per heavy atom. The Kier molecular flexibility index (Phi) is 3.50. The van der Waals surface area contributed by atoms with Crippen LogP contribution in [0.1, 0.15) is 27.4 Å². The Morgan fingerprint density at radius 1 is 1.18 bits per heavy atom. The van der Waals surface area contributed by atoms with Gasteiger partial charge < -0.3 is 20.1 Å². The van der Waals surface area contributed by atoms with Crippen LogP contribution in [0.25, 0.3) is 0 Å². The molecular formula is C17H16O5. The third-order valence-electron chi connectivity index (χ3n) is 4.11. The molecule has 2 atom stereocenters. The Balaban J connectivity index is 2.15. The maximum atomic E-state index is 12.4. The SMILES string of the molecule is COc1cc(O)c2c(c1O)C[C@H](c1ccccc1)[C@@H](O)C2=O. The fourth-order valence-electron chi connectivity index (χ4n) is 2.98. The minimum Gasteiger partial charge on any atom is -0.507 e. The zero-order valence-electron chi connectivity index (χ0n) is 12.0. The number of ether oxygens (including phenoxy) is 1. The average Bonchev–Trinajstić information content (AvgIpc) is 2.54. The number of carbonyl (C=O) groups excluding carboxylic acids is 1. The number of Topliss-reactive ketones (excluding diaryl/α,β-unsaturated/α-hetero) is 1. The van der Waals surface area contributed by atoms with E-state index in [4.69, 9.17) is 4.74 Å². The highest BCUT2D eigenvalue weighted by Gasteiger charge is 2.39. The molecule has 3 N–H and O–H groups in total. The van der Waals surface area contributed by atoms with Crippen LogP contribution < -0.4 is 4.74 Å². The van der Waals surface area contributed by atoms with E-state index >= 15 is 0 Å². The topological polar surface area (TPSA) is 87.0 Å². The highest BCUT2D eigenvalue weighted by molar-refractivity contribution is 6.05. The van der Waals surface area contributed by atoms with Gasteiger partial charge in [0.05, 0.1) is 12.7 Å². The lowest BCUT2D eigenvalue weighted by molar-refractivity contribution is 0.0658. The smallest absolute Gasteiger partial charge is 0.196 e. The van der Waals surface area contributed by atoms with E-state index in [2.05, 4.69) is 0 Å². The van der Waals surface area contributed by atoms with Crippen LogP contribution in [-0.4, -0.2) is 34.3 Å². The lowest BCUT2D eigenvalue weighted by Gasteiger charge is -2.30. The minimum absolute atomic E-state index is 0.0296. The van der Waals surface area contributed by atoms with Crippen LogP contribution >= 0.6 is 0 Å². The number of aliphatic hydroxyl groups is 1. The molecule has 0 fully saturated rings. The molecule has 2 aromatic carbocycles. The summed E-state index contributed by atoms with van der Waals surface area (Å²) in [5.41, 5.74) is 1.08. The standard InChI is InChI=1S/C17H16O5/c1-22-13-8-12(18)14-11(15(13)19)7-10(16(20)17(14)21)9-5-3-2-4-6-9/h2-6,8,10,16,18-20H,7H2,1H3/t10-,16-/m1/s1. The number of benzene rings is 2. The lowest BCUT2D eigenvalue weighted by atomic mass is 9.76. The van der Waals surface area contributed by atoms with Gasteiger partial charge in [-0.25, -0.2) is 0 Å². The van der Waals surface area contributed by atoms with Gasteiger partial charge in [0.2, 0.25) is 0 Å². The minimum atomic E-state index is -1.26. The van der Waals surface area contributed by atoms with Crippen molar-refractivity contribution in [2.24, 2.45) is 0 Å². The summed E-state index contributed by atoms with van der Waals surface area (Å²) in [4.78, 5) is 12.4. The molecule has 0 heterocycles. The predicted molar refractivity (Wildman–Crippen MR) is 79.5 cm³/mol. The van der Waals surface area contributed by atoms with Crippen molar-refractivity contribution in [3.63, 3.8) is 0 Å².